The minimum Gasteiger partial charge on any atom is -0.493 e. The highest BCUT2D eigenvalue weighted by atomic mass is 32.2. The predicted molar refractivity (Wildman–Crippen MR) is 129 cm³/mol. The smallest absolute Gasteiger partial charge is 0.409 e. The maximum atomic E-state index is 12.9. The molecule has 9 nitrogen and oxygen atoms in total. The molecule has 3 rings (SSSR count). The number of ether oxygens (including phenoxy) is 3. The number of hydrogen-bond acceptors (Lipinski definition) is 8. The minimum atomic E-state index is -0.358. The van der Waals surface area contributed by atoms with Crippen molar-refractivity contribution >= 4 is 52.3 Å². The largest absolute Gasteiger partial charge is 0.493 e. The average Bonchev–Trinajstić information content (AvgIpc) is 3.09. The van der Waals surface area contributed by atoms with Crippen LogP contribution < -0.4 is 9.47 Å². The lowest BCUT2D eigenvalue weighted by Crippen LogP contribution is -2.51. The number of carbonyl (C=O) groups is 3. The summed E-state index contributed by atoms with van der Waals surface area (Å²) in [5.41, 5.74) is 0.781. The second-order valence-corrected chi connectivity index (χ2v) is 8.94. The molecule has 0 atom stereocenters. The summed E-state index contributed by atoms with van der Waals surface area (Å²) in [6.45, 7) is 4.03. The van der Waals surface area contributed by atoms with E-state index in [1.165, 1.54) is 16.7 Å². The molecule has 2 aliphatic rings. The van der Waals surface area contributed by atoms with E-state index in [1.807, 2.05) is 6.07 Å². The fraction of sp³-hybridized carbons (Fsp3) is 0.455. The fourth-order valence-electron chi connectivity index (χ4n) is 3.51. The highest BCUT2D eigenvalue weighted by molar-refractivity contribution is 8.26. The zero-order valence-corrected chi connectivity index (χ0v) is 20.5. The molecule has 1 aromatic rings. The maximum absolute atomic E-state index is 12.9. The SMILES string of the molecule is CCOC(=O)N1CCN(C(=O)CCN2C(=O)/C(=C/c3ccc(OC)c(OC)c3)SC2=S)CC1. The second kappa shape index (κ2) is 11.4. The van der Waals surface area contributed by atoms with E-state index < -0.39 is 0 Å². The molecule has 0 radical (unpaired) electrons. The lowest BCUT2D eigenvalue weighted by Gasteiger charge is -2.34. The molecular formula is C22H27N3O6S2. The van der Waals surface area contributed by atoms with Crippen molar-refractivity contribution in [3.63, 3.8) is 0 Å². The third kappa shape index (κ3) is 5.97. The minimum absolute atomic E-state index is 0.0728. The zero-order valence-electron chi connectivity index (χ0n) is 18.9. The summed E-state index contributed by atoms with van der Waals surface area (Å²) in [4.78, 5) is 42.5. The lowest BCUT2D eigenvalue weighted by molar-refractivity contribution is -0.133. The van der Waals surface area contributed by atoms with Gasteiger partial charge in [0.2, 0.25) is 5.91 Å². The number of methoxy groups -OCH3 is 2. The van der Waals surface area contributed by atoms with Crippen LogP contribution >= 0.6 is 24.0 Å². The lowest BCUT2D eigenvalue weighted by atomic mass is 10.2. The normalized spacial score (nSPS) is 17.5. The van der Waals surface area contributed by atoms with Gasteiger partial charge in [0, 0.05) is 39.1 Å². The first-order chi connectivity index (χ1) is 15.9. The van der Waals surface area contributed by atoms with Crippen LogP contribution in [0.3, 0.4) is 0 Å². The third-order valence-electron chi connectivity index (χ3n) is 5.29. The van der Waals surface area contributed by atoms with Crippen LogP contribution in [0.1, 0.15) is 18.9 Å². The molecule has 0 saturated carbocycles. The van der Waals surface area contributed by atoms with Gasteiger partial charge in [-0.1, -0.05) is 30.0 Å². The number of piperazine rings is 1. The van der Waals surface area contributed by atoms with E-state index in [4.69, 9.17) is 26.4 Å². The molecule has 2 heterocycles. The van der Waals surface area contributed by atoms with Gasteiger partial charge in [-0.2, -0.15) is 0 Å². The molecule has 2 fully saturated rings. The second-order valence-electron chi connectivity index (χ2n) is 7.26. The maximum Gasteiger partial charge on any atom is 0.409 e. The Hall–Kier alpha value is -2.79. The van der Waals surface area contributed by atoms with Crippen molar-refractivity contribution in [2.75, 3.05) is 53.6 Å². The predicted octanol–water partition coefficient (Wildman–Crippen LogP) is 2.60. The van der Waals surface area contributed by atoms with Crippen molar-refractivity contribution < 1.29 is 28.6 Å². The molecule has 0 aromatic heterocycles. The number of thioether (sulfide) groups is 1. The van der Waals surface area contributed by atoms with E-state index in [0.29, 0.717) is 53.5 Å². The Morgan fingerprint density at radius 3 is 2.39 bits per heavy atom. The van der Waals surface area contributed by atoms with Gasteiger partial charge in [0.15, 0.2) is 11.5 Å². The number of benzene rings is 1. The van der Waals surface area contributed by atoms with Gasteiger partial charge in [-0.15, -0.1) is 0 Å². The van der Waals surface area contributed by atoms with Gasteiger partial charge in [-0.25, -0.2) is 4.79 Å². The summed E-state index contributed by atoms with van der Waals surface area (Å²) in [6, 6.07) is 5.38. The molecule has 0 spiro atoms. The molecule has 2 saturated heterocycles. The van der Waals surface area contributed by atoms with E-state index in [9.17, 15) is 14.4 Å². The molecule has 0 bridgehead atoms. The highest BCUT2D eigenvalue weighted by Crippen LogP contribution is 2.34. The van der Waals surface area contributed by atoms with Crippen molar-refractivity contribution in [1.82, 2.24) is 14.7 Å². The first kappa shape index (κ1) is 24.8. The first-order valence-corrected chi connectivity index (χ1v) is 11.8. The molecule has 33 heavy (non-hydrogen) atoms. The van der Waals surface area contributed by atoms with Crippen molar-refractivity contribution in [1.29, 1.82) is 0 Å². The molecule has 0 N–H and O–H groups in total. The van der Waals surface area contributed by atoms with Crippen LogP contribution in [0, 0.1) is 0 Å². The van der Waals surface area contributed by atoms with Gasteiger partial charge in [0.05, 0.1) is 25.7 Å². The van der Waals surface area contributed by atoms with Crippen molar-refractivity contribution in [3.05, 3.63) is 28.7 Å². The quantitative estimate of drug-likeness (QED) is 0.423. The number of nitrogens with zero attached hydrogens (tertiary/aromatic N) is 3. The monoisotopic (exact) mass is 493 g/mol. The van der Waals surface area contributed by atoms with Gasteiger partial charge < -0.3 is 24.0 Å². The molecule has 1 aromatic carbocycles. The Balaban J connectivity index is 1.56. The van der Waals surface area contributed by atoms with E-state index in [2.05, 4.69) is 0 Å². The number of carbonyl (C=O) groups excluding carboxylic acids is 3. The summed E-state index contributed by atoms with van der Waals surface area (Å²) >= 11 is 6.59. The van der Waals surface area contributed by atoms with Gasteiger partial charge in [-0.3, -0.25) is 14.5 Å². The topological polar surface area (TPSA) is 88.6 Å². The highest BCUT2D eigenvalue weighted by Gasteiger charge is 2.33. The fourth-order valence-corrected chi connectivity index (χ4v) is 4.81. The Morgan fingerprint density at radius 1 is 1.09 bits per heavy atom. The van der Waals surface area contributed by atoms with Gasteiger partial charge in [-0.05, 0) is 30.7 Å². The van der Waals surface area contributed by atoms with Crippen LogP contribution in [0.2, 0.25) is 0 Å². The zero-order chi connectivity index (χ0) is 24.0. The van der Waals surface area contributed by atoms with Crippen LogP contribution in [0.15, 0.2) is 23.1 Å². The summed E-state index contributed by atoms with van der Waals surface area (Å²) < 4.78 is 16.0. The van der Waals surface area contributed by atoms with Gasteiger partial charge in [0.25, 0.3) is 5.91 Å². The summed E-state index contributed by atoms with van der Waals surface area (Å²) in [6.07, 6.45) is 1.55. The van der Waals surface area contributed by atoms with Crippen molar-refractivity contribution in [2.45, 2.75) is 13.3 Å². The van der Waals surface area contributed by atoms with E-state index >= 15 is 0 Å². The standard InChI is InChI=1S/C22H27N3O6S2/c1-4-31-21(28)24-11-9-23(10-12-24)19(26)7-8-25-20(27)18(33-22(25)32)14-15-5-6-16(29-2)17(13-15)30-3/h5-6,13-14H,4,7-12H2,1-3H3/b18-14-. The molecule has 11 heteroatoms. The average molecular weight is 494 g/mol. The first-order valence-electron chi connectivity index (χ1n) is 10.5. The van der Waals surface area contributed by atoms with E-state index in [1.54, 1.807) is 49.2 Å². The molecule has 0 aliphatic carbocycles. The Kier molecular flexibility index (Phi) is 8.56. The van der Waals surface area contributed by atoms with Crippen molar-refractivity contribution in [3.8, 4) is 11.5 Å². The number of amides is 3. The van der Waals surface area contributed by atoms with Crippen LogP contribution in [-0.4, -0.2) is 90.5 Å². The van der Waals surface area contributed by atoms with Crippen LogP contribution in [-0.2, 0) is 14.3 Å². The Labute approximate surface area is 202 Å². The number of hydrogen-bond donors (Lipinski definition) is 0. The summed E-state index contributed by atoms with van der Waals surface area (Å²) in [5.74, 6) is 0.871. The number of rotatable bonds is 7. The molecule has 0 unspecified atom stereocenters. The summed E-state index contributed by atoms with van der Waals surface area (Å²) in [5, 5.41) is 0. The van der Waals surface area contributed by atoms with Crippen molar-refractivity contribution in [2.24, 2.45) is 0 Å². The van der Waals surface area contributed by atoms with Gasteiger partial charge >= 0.3 is 6.09 Å². The molecule has 2 aliphatic heterocycles. The molecular weight excluding hydrogens is 466 g/mol. The third-order valence-corrected chi connectivity index (χ3v) is 6.66. The van der Waals surface area contributed by atoms with Crippen LogP contribution in [0.4, 0.5) is 4.79 Å². The summed E-state index contributed by atoms with van der Waals surface area (Å²) in [7, 11) is 3.11. The van der Waals surface area contributed by atoms with Crippen LogP contribution in [0.25, 0.3) is 6.08 Å². The Bertz CT molecular complexity index is 959. The Morgan fingerprint density at radius 2 is 1.76 bits per heavy atom. The number of thiocarbonyl (C=S) groups is 1. The van der Waals surface area contributed by atoms with Gasteiger partial charge in [0.1, 0.15) is 4.32 Å². The molecule has 178 valence electrons. The van der Waals surface area contributed by atoms with E-state index in [0.717, 1.165) is 5.56 Å². The van der Waals surface area contributed by atoms with Crippen LogP contribution in [0.5, 0.6) is 11.5 Å². The van der Waals surface area contributed by atoms with E-state index in [-0.39, 0.29) is 30.9 Å². The molecule has 3 amide bonds.